The first-order valence-electron chi connectivity index (χ1n) is 6.56. The van der Waals surface area contributed by atoms with E-state index in [-0.39, 0.29) is 11.8 Å². The second kappa shape index (κ2) is 8.32. The topological polar surface area (TPSA) is 109 Å². The van der Waals surface area contributed by atoms with Gasteiger partial charge in [0.25, 0.3) is 0 Å². The Hall–Kier alpha value is -2.36. The Morgan fingerprint density at radius 3 is 2.48 bits per heavy atom. The zero-order valence-electron chi connectivity index (χ0n) is 11.8. The minimum Gasteiger partial charge on any atom is -0.477 e. The molecule has 0 saturated carbocycles. The number of aromatic nitrogens is 1. The third-order valence-electron chi connectivity index (χ3n) is 2.75. The Balaban J connectivity index is 0.000000322. The van der Waals surface area contributed by atoms with E-state index < -0.39 is 18.1 Å². The van der Waals surface area contributed by atoms with Gasteiger partial charge in [-0.1, -0.05) is 6.07 Å². The summed E-state index contributed by atoms with van der Waals surface area (Å²) < 4.78 is 37.2. The molecular weight excluding hydrogens is 321 g/mol. The molecule has 1 aromatic heterocycles. The molecule has 1 atom stereocenters. The predicted molar refractivity (Wildman–Crippen MR) is 72.4 cm³/mol. The number of nitrogens with zero attached hydrogens (tertiary/aromatic N) is 1. The summed E-state index contributed by atoms with van der Waals surface area (Å²) in [6.45, 7) is 1.49. The Labute approximate surface area is 129 Å². The van der Waals surface area contributed by atoms with Gasteiger partial charge in [-0.15, -0.1) is 0 Å². The van der Waals surface area contributed by atoms with E-state index in [4.69, 9.17) is 19.7 Å². The molecule has 1 aromatic rings. The number of rotatable bonds is 4. The van der Waals surface area contributed by atoms with Crippen molar-refractivity contribution >= 4 is 17.8 Å². The lowest BCUT2D eigenvalue weighted by Gasteiger charge is -2.11. The fourth-order valence-corrected chi connectivity index (χ4v) is 1.68. The molecule has 0 unspecified atom stereocenters. The molecule has 2 rings (SSSR count). The van der Waals surface area contributed by atoms with E-state index in [1.807, 2.05) is 0 Å². The molecular formula is C13H15F3N2O5. The number of carbonyl (C=O) groups is 2. The highest BCUT2D eigenvalue weighted by molar-refractivity contribution is 5.85. The molecule has 2 heterocycles. The van der Waals surface area contributed by atoms with Gasteiger partial charge in [0, 0.05) is 13.2 Å². The zero-order chi connectivity index (χ0) is 17.5. The van der Waals surface area contributed by atoms with Crippen molar-refractivity contribution in [2.24, 2.45) is 0 Å². The van der Waals surface area contributed by atoms with Gasteiger partial charge >= 0.3 is 18.1 Å². The monoisotopic (exact) mass is 336 g/mol. The third kappa shape index (κ3) is 6.96. The van der Waals surface area contributed by atoms with Crippen molar-refractivity contribution in [2.75, 3.05) is 18.5 Å². The molecule has 7 nitrogen and oxygen atoms in total. The molecule has 10 heteroatoms. The molecule has 0 radical (unpaired) electrons. The molecule has 23 heavy (non-hydrogen) atoms. The maximum absolute atomic E-state index is 10.7. The van der Waals surface area contributed by atoms with Gasteiger partial charge in [0.1, 0.15) is 5.82 Å². The van der Waals surface area contributed by atoms with Crippen LogP contribution in [0.5, 0.6) is 0 Å². The first-order chi connectivity index (χ1) is 10.7. The van der Waals surface area contributed by atoms with Crippen LogP contribution in [0.25, 0.3) is 0 Å². The van der Waals surface area contributed by atoms with Crippen molar-refractivity contribution in [1.82, 2.24) is 4.98 Å². The lowest BCUT2D eigenvalue weighted by molar-refractivity contribution is -0.192. The number of nitrogens with one attached hydrogen (secondary N) is 1. The number of ether oxygens (including phenoxy) is 1. The van der Waals surface area contributed by atoms with E-state index >= 15 is 0 Å². The lowest BCUT2D eigenvalue weighted by atomic mass is 10.2. The minimum atomic E-state index is -5.08. The average molecular weight is 336 g/mol. The first-order valence-corrected chi connectivity index (χ1v) is 6.56. The summed E-state index contributed by atoms with van der Waals surface area (Å²) in [5.41, 5.74) is 0.0531. The van der Waals surface area contributed by atoms with Gasteiger partial charge in [-0.2, -0.15) is 13.2 Å². The largest absolute Gasteiger partial charge is 0.490 e. The fraction of sp³-hybridized carbons (Fsp3) is 0.462. The number of halogens is 3. The predicted octanol–water partition coefficient (Wildman–Crippen LogP) is 2.00. The van der Waals surface area contributed by atoms with Crippen LogP contribution in [0.4, 0.5) is 19.0 Å². The normalized spacial score (nSPS) is 17.1. The van der Waals surface area contributed by atoms with Crippen LogP contribution in [-0.4, -0.2) is 52.6 Å². The summed E-state index contributed by atoms with van der Waals surface area (Å²) in [5, 5.41) is 19.0. The maximum atomic E-state index is 10.7. The number of carboxylic acid groups (broad SMARTS) is 2. The molecule has 128 valence electrons. The van der Waals surface area contributed by atoms with Crippen molar-refractivity contribution in [3.8, 4) is 0 Å². The van der Waals surface area contributed by atoms with Gasteiger partial charge in [0.2, 0.25) is 0 Å². The highest BCUT2D eigenvalue weighted by Gasteiger charge is 2.38. The van der Waals surface area contributed by atoms with Gasteiger partial charge in [-0.05, 0) is 25.0 Å². The van der Waals surface area contributed by atoms with E-state index in [2.05, 4.69) is 10.3 Å². The summed E-state index contributed by atoms with van der Waals surface area (Å²) in [6.07, 6.45) is -2.73. The molecule has 1 aliphatic rings. The number of carboxylic acids is 2. The first kappa shape index (κ1) is 18.7. The summed E-state index contributed by atoms with van der Waals surface area (Å²) >= 11 is 0. The Kier molecular flexibility index (Phi) is 6.76. The van der Waals surface area contributed by atoms with E-state index in [0.29, 0.717) is 12.4 Å². The van der Waals surface area contributed by atoms with Crippen LogP contribution in [0, 0.1) is 0 Å². The van der Waals surface area contributed by atoms with Gasteiger partial charge in [0.15, 0.2) is 5.69 Å². The molecule has 3 N–H and O–H groups in total. The number of aromatic carboxylic acids is 1. The van der Waals surface area contributed by atoms with Crippen molar-refractivity contribution in [2.45, 2.75) is 25.1 Å². The van der Waals surface area contributed by atoms with Crippen LogP contribution in [-0.2, 0) is 9.53 Å². The minimum absolute atomic E-state index is 0.0531. The highest BCUT2D eigenvalue weighted by Crippen LogP contribution is 2.13. The van der Waals surface area contributed by atoms with Gasteiger partial charge < -0.3 is 20.3 Å². The summed E-state index contributed by atoms with van der Waals surface area (Å²) in [6, 6.07) is 4.90. The number of hydrogen-bond acceptors (Lipinski definition) is 5. The lowest BCUT2D eigenvalue weighted by Crippen LogP contribution is -2.21. The fourth-order valence-electron chi connectivity index (χ4n) is 1.68. The van der Waals surface area contributed by atoms with Gasteiger partial charge in [-0.3, -0.25) is 0 Å². The standard InChI is InChI=1S/C11H14N2O3.C2HF3O2/c14-11(15)9-4-1-5-10(13-9)12-7-8-3-2-6-16-8;3-2(4,5)1(6)7/h1,4-5,8H,2-3,6-7H2,(H,12,13)(H,14,15);(H,6,7)/t8-;/m0./s1. The second-order valence-electron chi connectivity index (χ2n) is 4.53. The molecule has 0 aliphatic carbocycles. The third-order valence-corrected chi connectivity index (χ3v) is 2.75. The van der Waals surface area contributed by atoms with Crippen molar-refractivity contribution < 1.29 is 37.7 Å². The highest BCUT2D eigenvalue weighted by atomic mass is 19.4. The van der Waals surface area contributed by atoms with Gasteiger partial charge in [-0.25, -0.2) is 14.6 Å². The smallest absolute Gasteiger partial charge is 0.477 e. The number of pyridine rings is 1. The molecule has 0 bridgehead atoms. The second-order valence-corrected chi connectivity index (χ2v) is 4.53. The van der Waals surface area contributed by atoms with E-state index in [9.17, 15) is 18.0 Å². The number of alkyl halides is 3. The average Bonchev–Trinajstić information content (AvgIpc) is 2.98. The van der Waals surface area contributed by atoms with Gasteiger partial charge in [0.05, 0.1) is 6.10 Å². The Morgan fingerprint density at radius 1 is 1.35 bits per heavy atom. The van der Waals surface area contributed by atoms with Crippen molar-refractivity contribution in [1.29, 1.82) is 0 Å². The molecule has 0 aromatic carbocycles. The van der Waals surface area contributed by atoms with Crippen LogP contribution in [0.15, 0.2) is 18.2 Å². The van der Waals surface area contributed by atoms with Crippen LogP contribution in [0.3, 0.4) is 0 Å². The van der Waals surface area contributed by atoms with Crippen LogP contribution >= 0.6 is 0 Å². The Morgan fingerprint density at radius 2 is 2.00 bits per heavy atom. The molecule has 0 amide bonds. The maximum Gasteiger partial charge on any atom is 0.490 e. The number of hydrogen-bond donors (Lipinski definition) is 3. The quantitative estimate of drug-likeness (QED) is 0.771. The molecule has 1 aliphatic heterocycles. The van der Waals surface area contributed by atoms with Crippen LogP contribution in [0.1, 0.15) is 23.3 Å². The Bertz CT molecular complexity index is 545. The van der Waals surface area contributed by atoms with E-state index in [1.165, 1.54) is 6.07 Å². The van der Waals surface area contributed by atoms with Crippen molar-refractivity contribution in [3.05, 3.63) is 23.9 Å². The van der Waals surface area contributed by atoms with Crippen LogP contribution in [0.2, 0.25) is 0 Å². The number of anilines is 1. The number of aliphatic carboxylic acids is 1. The summed E-state index contributed by atoms with van der Waals surface area (Å²) in [5.74, 6) is -3.19. The summed E-state index contributed by atoms with van der Waals surface area (Å²) in [4.78, 5) is 23.6. The van der Waals surface area contributed by atoms with Crippen LogP contribution < -0.4 is 5.32 Å². The zero-order valence-corrected chi connectivity index (χ0v) is 11.8. The van der Waals surface area contributed by atoms with Crippen molar-refractivity contribution in [3.63, 3.8) is 0 Å². The molecule has 1 saturated heterocycles. The van der Waals surface area contributed by atoms with E-state index in [1.54, 1.807) is 12.1 Å². The SMILES string of the molecule is O=C(O)C(F)(F)F.O=C(O)c1cccc(NC[C@@H]2CCCO2)n1. The van der Waals surface area contributed by atoms with E-state index in [0.717, 1.165) is 19.4 Å². The molecule has 0 spiro atoms. The summed E-state index contributed by atoms with van der Waals surface area (Å²) in [7, 11) is 0. The molecule has 1 fully saturated rings.